The summed E-state index contributed by atoms with van der Waals surface area (Å²) in [6, 6.07) is 6.34. The fraction of sp³-hybridized carbons (Fsp3) is 0.588. The lowest BCUT2D eigenvalue weighted by Gasteiger charge is -2.38. The van der Waals surface area contributed by atoms with E-state index in [-0.39, 0.29) is 16.6 Å². The van der Waals surface area contributed by atoms with Crippen LogP contribution in [0.25, 0.3) is 0 Å². The number of amides is 1. The number of carbonyl (C=O) groups excluding carboxylic acids is 1. The summed E-state index contributed by atoms with van der Waals surface area (Å²) in [6.07, 6.45) is 3.31. The van der Waals surface area contributed by atoms with Crippen LogP contribution in [0.4, 0.5) is 0 Å². The van der Waals surface area contributed by atoms with Gasteiger partial charge in [0.15, 0.2) is 9.84 Å². The molecule has 2 aliphatic rings. The minimum absolute atomic E-state index is 0.00579. The van der Waals surface area contributed by atoms with Crippen LogP contribution in [-0.2, 0) is 9.84 Å². The van der Waals surface area contributed by atoms with Gasteiger partial charge >= 0.3 is 0 Å². The van der Waals surface area contributed by atoms with Crippen LogP contribution in [-0.4, -0.2) is 51.2 Å². The molecule has 0 unspecified atom stereocenters. The van der Waals surface area contributed by atoms with Gasteiger partial charge in [-0.05, 0) is 55.5 Å². The summed E-state index contributed by atoms with van der Waals surface area (Å²) in [5, 5.41) is 3.42. The summed E-state index contributed by atoms with van der Waals surface area (Å²) in [6.45, 7) is 5.35. The van der Waals surface area contributed by atoms with E-state index in [0.29, 0.717) is 11.0 Å². The zero-order valence-electron chi connectivity index (χ0n) is 13.5. The second-order valence-electron chi connectivity index (χ2n) is 6.65. The fourth-order valence-electron chi connectivity index (χ4n) is 3.56. The first-order valence-electron chi connectivity index (χ1n) is 8.29. The Morgan fingerprint density at radius 1 is 1.17 bits per heavy atom. The van der Waals surface area contributed by atoms with Gasteiger partial charge in [0.1, 0.15) is 0 Å². The van der Waals surface area contributed by atoms with Gasteiger partial charge in [-0.15, -0.1) is 0 Å². The van der Waals surface area contributed by atoms with E-state index in [2.05, 4.69) is 5.32 Å². The van der Waals surface area contributed by atoms with E-state index in [4.69, 9.17) is 0 Å². The van der Waals surface area contributed by atoms with Crippen LogP contribution in [0.3, 0.4) is 0 Å². The third-order valence-corrected chi connectivity index (χ3v) is 7.03. The Kier molecular flexibility index (Phi) is 4.47. The Labute approximate surface area is 138 Å². The van der Waals surface area contributed by atoms with Crippen LogP contribution in [0.15, 0.2) is 29.2 Å². The van der Waals surface area contributed by atoms with Crippen molar-refractivity contribution >= 4 is 15.7 Å². The van der Waals surface area contributed by atoms with Crippen molar-refractivity contribution in [2.24, 2.45) is 5.41 Å². The second kappa shape index (κ2) is 6.24. The number of hydrogen-bond acceptors (Lipinski definition) is 4. The monoisotopic (exact) mass is 336 g/mol. The molecule has 1 aromatic rings. The molecule has 0 atom stereocenters. The van der Waals surface area contributed by atoms with Crippen molar-refractivity contribution < 1.29 is 13.2 Å². The zero-order chi connectivity index (χ0) is 16.5. The van der Waals surface area contributed by atoms with Crippen molar-refractivity contribution in [3.63, 3.8) is 0 Å². The van der Waals surface area contributed by atoms with Crippen molar-refractivity contribution in [3.05, 3.63) is 29.8 Å². The van der Waals surface area contributed by atoms with E-state index in [0.717, 1.165) is 39.0 Å². The Hall–Kier alpha value is -1.40. The van der Waals surface area contributed by atoms with Crippen LogP contribution in [0, 0.1) is 5.41 Å². The van der Waals surface area contributed by atoms with Crippen LogP contribution in [0.2, 0.25) is 0 Å². The van der Waals surface area contributed by atoms with Gasteiger partial charge in [-0.3, -0.25) is 4.79 Å². The quantitative estimate of drug-likeness (QED) is 0.912. The molecule has 6 heteroatoms. The first-order valence-corrected chi connectivity index (χ1v) is 9.94. The lowest BCUT2D eigenvalue weighted by Crippen LogP contribution is -2.44. The zero-order valence-corrected chi connectivity index (χ0v) is 14.4. The SMILES string of the molecule is CCS(=O)(=O)c1ccc(C(=O)N2CCC3(CCNC3)CC2)cc1. The first-order chi connectivity index (χ1) is 11.0. The van der Waals surface area contributed by atoms with E-state index in [1.807, 2.05) is 4.90 Å². The van der Waals surface area contributed by atoms with Crippen molar-refractivity contribution in [2.45, 2.75) is 31.1 Å². The number of likely N-dealkylation sites (tertiary alicyclic amines) is 1. The van der Waals surface area contributed by atoms with Crippen molar-refractivity contribution in [3.8, 4) is 0 Å². The number of sulfone groups is 1. The van der Waals surface area contributed by atoms with Gasteiger partial charge in [-0.1, -0.05) is 6.92 Å². The molecule has 0 bridgehead atoms. The third kappa shape index (κ3) is 3.28. The molecule has 1 aromatic carbocycles. The number of piperidine rings is 1. The Morgan fingerprint density at radius 2 is 1.83 bits per heavy atom. The molecule has 3 rings (SSSR count). The highest BCUT2D eigenvalue weighted by molar-refractivity contribution is 7.91. The van der Waals surface area contributed by atoms with Crippen LogP contribution in [0.5, 0.6) is 0 Å². The number of rotatable bonds is 3. The van der Waals surface area contributed by atoms with Gasteiger partial charge in [0.25, 0.3) is 5.91 Å². The number of hydrogen-bond donors (Lipinski definition) is 1. The topological polar surface area (TPSA) is 66.5 Å². The van der Waals surface area contributed by atoms with E-state index < -0.39 is 9.84 Å². The average molecular weight is 336 g/mol. The molecule has 0 radical (unpaired) electrons. The van der Waals surface area contributed by atoms with Crippen LogP contribution >= 0.6 is 0 Å². The molecule has 5 nitrogen and oxygen atoms in total. The minimum atomic E-state index is -3.21. The summed E-state index contributed by atoms with van der Waals surface area (Å²) in [5.41, 5.74) is 0.955. The summed E-state index contributed by atoms with van der Waals surface area (Å²) >= 11 is 0. The molecule has 0 aliphatic carbocycles. The summed E-state index contributed by atoms with van der Waals surface area (Å²) in [4.78, 5) is 14.8. The molecule has 1 N–H and O–H groups in total. The third-order valence-electron chi connectivity index (χ3n) is 5.28. The maximum absolute atomic E-state index is 12.6. The molecule has 0 aromatic heterocycles. The molecule has 2 saturated heterocycles. The van der Waals surface area contributed by atoms with Crippen molar-refractivity contribution in [1.82, 2.24) is 10.2 Å². The van der Waals surface area contributed by atoms with Crippen molar-refractivity contribution in [2.75, 3.05) is 31.9 Å². The molecular formula is C17H24N2O3S. The predicted octanol–water partition coefficient (Wildman–Crippen LogP) is 1.70. The standard InChI is InChI=1S/C17H24N2O3S/c1-2-23(21,22)15-5-3-14(4-6-15)16(20)19-11-8-17(9-12-19)7-10-18-13-17/h3-6,18H,2,7-13H2,1H3. The van der Waals surface area contributed by atoms with Gasteiger partial charge < -0.3 is 10.2 Å². The molecular weight excluding hydrogens is 312 g/mol. The fourth-order valence-corrected chi connectivity index (χ4v) is 4.44. The highest BCUT2D eigenvalue weighted by atomic mass is 32.2. The second-order valence-corrected chi connectivity index (χ2v) is 8.93. The van der Waals surface area contributed by atoms with E-state index >= 15 is 0 Å². The molecule has 2 aliphatic heterocycles. The number of carbonyl (C=O) groups is 1. The molecule has 1 spiro atoms. The molecule has 2 heterocycles. The number of nitrogens with one attached hydrogen (secondary N) is 1. The highest BCUT2D eigenvalue weighted by Gasteiger charge is 2.38. The smallest absolute Gasteiger partial charge is 0.253 e. The maximum atomic E-state index is 12.6. The summed E-state index contributed by atoms with van der Waals surface area (Å²) < 4.78 is 23.7. The number of benzene rings is 1. The Bertz CT molecular complexity index is 666. The maximum Gasteiger partial charge on any atom is 0.253 e. The lowest BCUT2D eigenvalue weighted by atomic mass is 9.78. The summed E-state index contributed by atoms with van der Waals surface area (Å²) in [5.74, 6) is 0.0777. The molecule has 23 heavy (non-hydrogen) atoms. The molecule has 2 fully saturated rings. The van der Waals surface area contributed by atoms with Crippen LogP contribution < -0.4 is 5.32 Å². The first kappa shape index (κ1) is 16.5. The van der Waals surface area contributed by atoms with Gasteiger partial charge in [-0.2, -0.15) is 0 Å². The van der Waals surface area contributed by atoms with Gasteiger partial charge in [0, 0.05) is 25.2 Å². The van der Waals surface area contributed by atoms with Crippen LogP contribution in [0.1, 0.15) is 36.5 Å². The summed E-state index contributed by atoms with van der Waals surface area (Å²) in [7, 11) is -3.21. The molecule has 0 saturated carbocycles. The Balaban J connectivity index is 1.67. The van der Waals surface area contributed by atoms with E-state index in [1.54, 1.807) is 31.2 Å². The highest BCUT2D eigenvalue weighted by Crippen LogP contribution is 2.37. The minimum Gasteiger partial charge on any atom is -0.339 e. The van der Waals surface area contributed by atoms with Gasteiger partial charge in [0.2, 0.25) is 0 Å². The van der Waals surface area contributed by atoms with Gasteiger partial charge in [-0.25, -0.2) is 8.42 Å². The lowest BCUT2D eigenvalue weighted by molar-refractivity contribution is 0.0607. The normalized spacial score (nSPS) is 20.8. The largest absolute Gasteiger partial charge is 0.339 e. The van der Waals surface area contributed by atoms with E-state index in [9.17, 15) is 13.2 Å². The van der Waals surface area contributed by atoms with E-state index in [1.165, 1.54) is 6.42 Å². The predicted molar refractivity (Wildman–Crippen MR) is 89.2 cm³/mol. The van der Waals surface area contributed by atoms with Crippen molar-refractivity contribution in [1.29, 1.82) is 0 Å². The average Bonchev–Trinajstić information content (AvgIpc) is 3.03. The Morgan fingerprint density at radius 3 is 2.35 bits per heavy atom. The van der Waals surface area contributed by atoms with Gasteiger partial charge in [0.05, 0.1) is 10.6 Å². The number of nitrogens with zero attached hydrogens (tertiary/aromatic N) is 1. The molecule has 126 valence electrons. The molecule has 1 amide bonds.